The van der Waals surface area contributed by atoms with E-state index in [4.69, 9.17) is 15.2 Å². The van der Waals surface area contributed by atoms with Crippen LogP contribution in [0.1, 0.15) is 208 Å². The molecular formula is C48H90N4O9. The van der Waals surface area contributed by atoms with Crippen molar-refractivity contribution >= 4 is 23.7 Å². The number of hydrogen-bond acceptors (Lipinski definition) is 10. The van der Waals surface area contributed by atoms with Crippen LogP contribution in [0.15, 0.2) is 12.2 Å². The fourth-order valence-corrected chi connectivity index (χ4v) is 7.98. The lowest BCUT2D eigenvalue weighted by molar-refractivity contribution is -0.291. The van der Waals surface area contributed by atoms with Gasteiger partial charge < -0.3 is 40.3 Å². The molecule has 61 heavy (non-hydrogen) atoms. The lowest BCUT2D eigenvalue weighted by atomic mass is 9.80. The molecule has 0 radical (unpaired) electrons. The third-order valence-electron chi connectivity index (χ3n) is 11.6. The van der Waals surface area contributed by atoms with E-state index in [2.05, 4.69) is 36.6 Å². The van der Waals surface area contributed by atoms with Crippen molar-refractivity contribution in [2.45, 2.75) is 244 Å². The Bertz CT molecular complexity index is 1230. The van der Waals surface area contributed by atoms with Crippen LogP contribution in [0.4, 0.5) is 4.79 Å². The molecule has 0 saturated carbocycles. The van der Waals surface area contributed by atoms with Gasteiger partial charge in [-0.3, -0.25) is 20.1 Å². The SMILES string of the molecule is CCCCCCCC/C=C\CCCCCCCC(=O)N(CCCCCCCCCCCCCC)[C@]1(N)O[C@H](CO)[C@@H](O)[C@H](O)[C@H]1C(=O)[C@H](C)NC(=O)CNC(=O)OC(C)(C)C. The fourth-order valence-electron chi connectivity index (χ4n) is 7.98. The second-order valence-corrected chi connectivity index (χ2v) is 18.4. The molecule has 1 saturated heterocycles. The van der Waals surface area contributed by atoms with Gasteiger partial charge >= 0.3 is 6.09 Å². The number of aliphatic hydroxyl groups excluding tert-OH is 3. The Kier molecular flexibility index (Phi) is 30.5. The van der Waals surface area contributed by atoms with E-state index in [1.54, 1.807) is 20.8 Å². The molecule has 0 unspecified atom stereocenters. The van der Waals surface area contributed by atoms with Crippen molar-refractivity contribution in [3.8, 4) is 0 Å². The molecule has 1 heterocycles. The maximum atomic E-state index is 14.2. The van der Waals surface area contributed by atoms with Crippen LogP contribution < -0.4 is 16.4 Å². The molecule has 0 aromatic carbocycles. The number of nitrogens with two attached hydrogens (primary N) is 1. The minimum Gasteiger partial charge on any atom is -0.444 e. The summed E-state index contributed by atoms with van der Waals surface area (Å²) in [7, 11) is 0. The molecule has 0 spiro atoms. The van der Waals surface area contributed by atoms with Crippen LogP contribution in [0, 0.1) is 5.92 Å². The maximum Gasteiger partial charge on any atom is 0.408 e. The van der Waals surface area contributed by atoms with E-state index in [9.17, 15) is 34.5 Å². The molecule has 0 aromatic heterocycles. The van der Waals surface area contributed by atoms with Crippen LogP contribution in [0.3, 0.4) is 0 Å². The van der Waals surface area contributed by atoms with Crippen LogP contribution in [0.25, 0.3) is 0 Å². The molecule has 7 N–H and O–H groups in total. The van der Waals surface area contributed by atoms with E-state index >= 15 is 0 Å². The van der Waals surface area contributed by atoms with E-state index in [-0.39, 0.29) is 18.9 Å². The second kappa shape index (κ2) is 33.0. The summed E-state index contributed by atoms with van der Waals surface area (Å²) in [4.78, 5) is 54.6. The molecule has 1 aliphatic heterocycles. The number of amides is 3. The van der Waals surface area contributed by atoms with Crippen molar-refractivity contribution in [2.75, 3.05) is 19.7 Å². The molecule has 0 bridgehead atoms. The Balaban J connectivity index is 2.99. The summed E-state index contributed by atoms with van der Waals surface area (Å²) in [5, 5.41) is 37.4. The highest BCUT2D eigenvalue weighted by molar-refractivity contribution is 5.93. The van der Waals surface area contributed by atoms with E-state index < -0.39 is 72.7 Å². The highest BCUT2D eigenvalue weighted by Crippen LogP contribution is 2.36. The summed E-state index contributed by atoms with van der Waals surface area (Å²) in [5.74, 6) is -5.73. The first-order valence-corrected chi connectivity index (χ1v) is 24.3. The van der Waals surface area contributed by atoms with E-state index in [1.807, 2.05) is 0 Å². The average molecular weight is 867 g/mol. The van der Waals surface area contributed by atoms with Crippen LogP contribution in [-0.4, -0.2) is 99.4 Å². The van der Waals surface area contributed by atoms with Crippen LogP contribution in [0.5, 0.6) is 0 Å². The maximum absolute atomic E-state index is 14.2. The number of unbranched alkanes of at least 4 members (excludes halogenated alkanes) is 22. The van der Waals surface area contributed by atoms with Crippen molar-refractivity contribution in [3.05, 3.63) is 12.2 Å². The Hall–Kier alpha value is -2.58. The van der Waals surface area contributed by atoms with Gasteiger partial charge in [-0.25, -0.2) is 4.79 Å². The normalized spacial score (nSPS) is 21.0. The number of carbonyl (C=O) groups is 4. The lowest BCUT2D eigenvalue weighted by Crippen LogP contribution is -2.76. The third-order valence-corrected chi connectivity index (χ3v) is 11.6. The smallest absolute Gasteiger partial charge is 0.408 e. The van der Waals surface area contributed by atoms with Crippen LogP contribution >= 0.6 is 0 Å². The molecule has 13 nitrogen and oxygen atoms in total. The number of aliphatic hydroxyl groups is 3. The molecule has 13 heteroatoms. The zero-order valence-electron chi connectivity index (χ0n) is 39.4. The quantitative estimate of drug-likeness (QED) is 0.0204. The van der Waals surface area contributed by atoms with Crippen molar-refractivity contribution in [3.63, 3.8) is 0 Å². The summed E-state index contributed by atoms with van der Waals surface area (Å²) >= 11 is 0. The summed E-state index contributed by atoms with van der Waals surface area (Å²) in [6.07, 6.45) is 27.0. The highest BCUT2D eigenvalue weighted by atomic mass is 16.6. The first kappa shape index (κ1) is 56.4. The highest BCUT2D eigenvalue weighted by Gasteiger charge is 2.59. The van der Waals surface area contributed by atoms with E-state index in [0.717, 1.165) is 64.2 Å². The molecular weight excluding hydrogens is 777 g/mol. The monoisotopic (exact) mass is 867 g/mol. The number of alkyl carbamates (subject to hydrolysis) is 1. The van der Waals surface area contributed by atoms with Gasteiger partial charge in [-0.2, -0.15) is 0 Å². The van der Waals surface area contributed by atoms with Crippen molar-refractivity contribution in [1.82, 2.24) is 15.5 Å². The van der Waals surface area contributed by atoms with Crippen molar-refractivity contribution < 1.29 is 44.0 Å². The summed E-state index contributed by atoms with van der Waals surface area (Å²) in [5.41, 5.74) is 6.20. The topological polar surface area (TPSA) is 201 Å². The minimum atomic E-state index is -2.23. The predicted molar refractivity (Wildman–Crippen MR) is 243 cm³/mol. The van der Waals surface area contributed by atoms with Gasteiger partial charge in [0.25, 0.3) is 0 Å². The van der Waals surface area contributed by atoms with Crippen LogP contribution in [0.2, 0.25) is 0 Å². The Labute approximate surface area is 370 Å². The van der Waals surface area contributed by atoms with Crippen LogP contribution in [-0.2, 0) is 23.9 Å². The minimum absolute atomic E-state index is 0.142. The predicted octanol–water partition coefficient (Wildman–Crippen LogP) is 8.49. The third kappa shape index (κ3) is 24.2. The molecule has 1 fully saturated rings. The molecule has 1 rings (SSSR count). The van der Waals surface area contributed by atoms with Gasteiger partial charge in [0.1, 0.15) is 30.3 Å². The molecule has 0 aliphatic carbocycles. The van der Waals surface area contributed by atoms with Gasteiger partial charge in [0.05, 0.1) is 18.8 Å². The van der Waals surface area contributed by atoms with E-state index in [0.29, 0.717) is 12.8 Å². The molecule has 356 valence electrons. The van der Waals surface area contributed by atoms with Gasteiger partial charge in [-0.1, -0.05) is 148 Å². The molecule has 0 aromatic rings. The standard InChI is InChI=1S/C48H90N4O9/c1-7-9-11-13-15-17-19-21-22-23-24-26-28-30-32-34-41(55)52(35-33-31-29-27-25-20-18-16-14-12-10-8-2)48(49)42(45(58)44(57)39(37-53)60-48)43(56)38(3)51-40(54)36-50-46(59)61-47(4,5)6/h21-22,38-39,42,44-45,53,57-58H,7-20,23-37,49H2,1-6H3,(H,50,59)(H,51,54)/b22-21-/t38-,39+,42+,44+,45+,48-/m0/s1. The Morgan fingerprint density at radius 1 is 0.738 bits per heavy atom. The lowest BCUT2D eigenvalue weighted by Gasteiger charge is -2.53. The number of rotatable bonds is 35. The zero-order valence-corrected chi connectivity index (χ0v) is 39.4. The number of Topliss-reactive ketones (excluding diaryl/α,β-unsaturated/α-hetero) is 1. The summed E-state index contributed by atoms with van der Waals surface area (Å²) < 4.78 is 11.3. The molecule has 6 atom stereocenters. The van der Waals surface area contributed by atoms with Crippen molar-refractivity contribution in [2.24, 2.45) is 11.7 Å². The number of allylic oxidation sites excluding steroid dienone is 2. The van der Waals surface area contributed by atoms with Gasteiger partial charge in [0.2, 0.25) is 17.7 Å². The first-order chi connectivity index (χ1) is 29.1. The number of carbonyl (C=O) groups excluding carboxylic acids is 4. The van der Waals surface area contributed by atoms with Gasteiger partial charge in [0.15, 0.2) is 5.78 Å². The number of ketones is 1. The first-order valence-electron chi connectivity index (χ1n) is 24.3. The van der Waals surface area contributed by atoms with Crippen molar-refractivity contribution in [1.29, 1.82) is 0 Å². The summed E-state index contributed by atoms with van der Waals surface area (Å²) in [6, 6.07) is -1.26. The number of ether oxygens (including phenoxy) is 2. The number of nitrogens with one attached hydrogen (secondary N) is 2. The molecule has 1 aliphatic rings. The largest absolute Gasteiger partial charge is 0.444 e. The Morgan fingerprint density at radius 2 is 1.20 bits per heavy atom. The summed E-state index contributed by atoms with van der Waals surface area (Å²) in [6.45, 7) is 9.86. The number of hydrogen-bond donors (Lipinski definition) is 6. The Morgan fingerprint density at radius 3 is 1.67 bits per heavy atom. The fraction of sp³-hybridized carbons (Fsp3) is 0.875. The second-order valence-electron chi connectivity index (χ2n) is 18.4. The number of nitrogens with zero attached hydrogens (tertiary/aromatic N) is 1. The van der Waals surface area contributed by atoms with Gasteiger partial charge in [-0.15, -0.1) is 0 Å². The van der Waals surface area contributed by atoms with Gasteiger partial charge in [0, 0.05) is 13.0 Å². The van der Waals surface area contributed by atoms with E-state index in [1.165, 1.54) is 95.3 Å². The zero-order chi connectivity index (χ0) is 45.5. The van der Waals surface area contributed by atoms with Gasteiger partial charge in [-0.05, 0) is 66.2 Å². The molecule has 3 amide bonds. The average Bonchev–Trinajstić information content (AvgIpc) is 3.20.